The summed E-state index contributed by atoms with van der Waals surface area (Å²) in [6, 6.07) is 18.7. The zero-order chi connectivity index (χ0) is 20.9. The number of rotatable bonds is 7. The monoisotopic (exact) mass is 412 g/mol. The van der Waals surface area contributed by atoms with Gasteiger partial charge in [0.15, 0.2) is 0 Å². The van der Waals surface area contributed by atoms with Crippen LogP contribution in [0.15, 0.2) is 54.6 Å². The van der Waals surface area contributed by atoms with Gasteiger partial charge in [-0.25, -0.2) is 0 Å². The first kappa shape index (κ1) is 22.2. The molecule has 1 aliphatic rings. The second-order valence-electron chi connectivity index (χ2n) is 9.45. The molecule has 1 saturated carbocycles. The zero-order valence-corrected chi connectivity index (χ0v) is 19.1. The van der Waals surface area contributed by atoms with Crippen molar-refractivity contribution in [3.8, 4) is 0 Å². The lowest BCUT2D eigenvalue weighted by Gasteiger charge is -2.31. The molecule has 0 saturated heterocycles. The van der Waals surface area contributed by atoms with Gasteiger partial charge in [-0.3, -0.25) is 4.72 Å². The van der Waals surface area contributed by atoms with E-state index in [4.69, 9.17) is 0 Å². The molecule has 3 rings (SSSR count). The lowest BCUT2D eigenvalue weighted by atomic mass is 9.86. The van der Waals surface area contributed by atoms with Crippen LogP contribution in [0.5, 0.6) is 0 Å². The highest BCUT2D eigenvalue weighted by molar-refractivity contribution is 7.98. The van der Waals surface area contributed by atoms with Crippen molar-refractivity contribution in [2.45, 2.75) is 69.8 Å². The molecule has 4 heteroatoms. The van der Waals surface area contributed by atoms with Crippen molar-refractivity contribution in [2.75, 3.05) is 11.9 Å². The van der Waals surface area contributed by atoms with E-state index in [0.717, 1.165) is 29.3 Å². The van der Waals surface area contributed by atoms with E-state index < -0.39 is 5.60 Å². The average molecular weight is 413 g/mol. The summed E-state index contributed by atoms with van der Waals surface area (Å²) in [7, 11) is 0. The molecule has 0 bridgehead atoms. The Morgan fingerprint density at radius 3 is 2.03 bits per heavy atom. The van der Waals surface area contributed by atoms with Crippen LogP contribution in [0.1, 0.15) is 64.5 Å². The fourth-order valence-electron chi connectivity index (χ4n) is 3.85. The summed E-state index contributed by atoms with van der Waals surface area (Å²) in [6.07, 6.45) is 5.06. The molecule has 0 amide bonds. The summed E-state index contributed by atoms with van der Waals surface area (Å²) in [5, 5.41) is 14.6. The van der Waals surface area contributed by atoms with Crippen LogP contribution < -0.4 is 10.0 Å². The third kappa shape index (κ3) is 6.50. The Labute approximate surface area is 180 Å². The van der Waals surface area contributed by atoms with Gasteiger partial charge in [0, 0.05) is 23.0 Å². The molecule has 0 radical (unpaired) electrons. The van der Waals surface area contributed by atoms with E-state index >= 15 is 0 Å². The molecule has 0 heterocycles. The predicted octanol–water partition coefficient (Wildman–Crippen LogP) is 5.95. The Morgan fingerprint density at radius 2 is 1.45 bits per heavy atom. The van der Waals surface area contributed by atoms with Gasteiger partial charge in [-0.1, -0.05) is 54.4 Å². The van der Waals surface area contributed by atoms with Crippen molar-refractivity contribution in [3.63, 3.8) is 0 Å². The highest BCUT2D eigenvalue weighted by atomic mass is 32.2. The molecule has 2 aromatic rings. The second-order valence-corrected chi connectivity index (χ2v) is 11.1. The Morgan fingerprint density at radius 1 is 0.862 bits per heavy atom. The maximum atomic E-state index is 11.0. The van der Waals surface area contributed by atoms with Gasteiger partial charge < -0.3 is 10.4 Å². The highest BCUT2D eigenvalue weighted by Crippen LogP contribution is 2.31. The maximum Gasteiger partial charge on any atom is 0.112 e. The molecule has 158 valence electrons. The van der Waals surface area contributed by atoms with Crippen molar-refractivity contribution in [2.24, 2.45) is 5.92 Å². The van der Waals surface area contributed by atoms with Gasteiger partial charge in [0.25, 0.3) is 0 Å². The van der Waals surface area contributed by atoms with E-state index in [-0.39, 0.29) is 4.75 Å². The number of anilines is 1. The van der Waals surface area contributed by atoms with Gasteiger partial charge in [-0.15, -0.1) is 0 Å². The van der Waals surface area contributed by atoms with Crippen LogP contribution >= 0.6 is 11.9 Å². The summed E-state index contributed by atoms with van der Waals surface area (Å²) in [5.41, 5.74) is 1.98. The van der Waals surface area contributed by atoms with Crippen molar-refractivity contribution in [1.82, 2.24) is 4.72 Å². The molecule has 29 heavy (non-hydrogen) atoms. The first-order valence-electron chi connectivity index (χ1n) is 10.8. The van der Waals surface area contributed by atoms with E-state index in [2.05, 4.69) is 42.9 Å². The Balaban J connectivity index is 1.47. The zero-order valence-electron chi connectivity index (χ0n) is 18.2. The highest BCUT2D eigenvalue weighted by Gasteiger charge is 2.25. The normalized spacial score (nSPS) is 22.1. The van der Waals surface area contributed by atoms with Crippen LogP contribution in [0, 0.1) is 5.92 Å². The Hall–Kier alpha value is -1.49. The van der Waals surface area contributed by atoms with Crippen LogP contribution in [0.25, 0.3) is 0 Å². The summed E-state index contributed by atoms with van der Waals surface area (Å²) in [4.78, 5) is 0. The van der Waals surface area contributed by atoms with Crippen molar-refractivity contribution >= 4 is 17.6 Å². The Kier molecular flexibility index (Phi) is 7.31. The van der Waals surface area contributed by atoms with Gasteiger partial charge in [-0.05, 0) is 82.6 Å². The van der Waals surface area contributed by atoms with E-state index in [1.807, 2.05) is 61.3 Å². The number of hydrogen-bond acceptors (Lipinski definition) is 4. The summed E-state index contributed by atoms with van der Waals surface area (Å²) in [5.74, 6) is 0.736. The predicted molar refractivity (Wildman–Crippen MR) is 126 cm³/mol. The molecule has 2 aromatic carbocycles. The topological polar surface area (TPSA) is 44.3 Å². The molecule has 1 aliphatic carbocycles. The number of nitrogens with one attached hydrogen (secondary N) is 2. The molecule has 3 N–H and O–H groups in total. The number of aliphatic hydroxyl groups is 1. The standard InChI is InChI=1S/C25H36N2OS/c1-24(2,3)29-27-23-14-10-19(11-15-23)18-26-22-16-12-21(13-17-22)25(4,28)20-8-6-5-7-9-20/h5-9,12-13,16-17,19,23,26-28H,10-11,14-15,18H2,1-4H3. The lowest BCUT2D eigenvalue weighted by Crippen LogP contribution is -2.33. The van der Waals surface area contributed by atoms with Crippen LogP contribution in [0.4, 0.5) is 5.69 Å². The second kappa shape index (κ2) is 9.55. The first-order valence-corrected chi connectivity index (χ1v) is 11.6. The van der Waals surface area contributed by atoms with E-state index in [1.54, 1.807) is 0 Å². The minimum atomic E-state index is -0.976. The lowest BCUT2D eigenvalue weighted by molar-refractivity contribution is 0.102. The fourth-order valence-corrected chi connectivity index (χ4v) is 4.60. The van der Waals surface area contributed by atoms with Crippen molar-refractivity contribution in [1.29, 1.82) is 0 Å². The van der Waals surface area contributed by atoms with E-state index in [1.165, 1.54) is 25.7 Å². The number of hydrogen-bond donors (Lipinski definition) is 3. The number of benzene rings is 2. The quantitative estimate of drug-likeness (QED) is 0.492. The van der Waals surface area contributed by atoms with Gasteiger partial charge in [0.05, 0.1) is 0 Å². The molecule has 0 aliphatic heterocycles. The van der Waals surface area contributed by atoms with Gasteiger partial charge in [0.2, 0.25) is 0 Å². The summed E-state index contributed by atoms with van der Waals surface area (Å²) < 4.78 is 3.94. The van der Waals surface area contributed by atoms with Crippen LogP contribution in [-0.4, -0.2) is 22.4 Å². The Bertz CT molecular complexity index is 745. The largest absolute Gasteiger partial charge is 0.385 e. The van der Waals surface area contributed by atoms with Crippen molar-refractivity contribution < 1.29 is 5.11 Å². The first-order chi connectivity index (χ1) is 13.7. The van der Waals surface area contributed by atoms with E-state index in [9.17, 15) is 5.11 Å². The molecular formula is C25H36N2OS. The SMILES string of the molecule is CC(C)(C)SNC1CCC(CNc2ccc(C(C)(O)c3ccccc3)cc2)CC1. The van der Waals surface area contributed by atoms with E-state index in [0.29, 0.717) is 6.04 Å². The van der Waals surface area contributed by atoms with Crippen molar-refractivity contribution in [3.05, 3.63) is 65.7 Å². The summed E-state index contributed by atoms with van der Waals surface area (Å²) >= 11 is 1.87. The smallest absolute Gasteiger partial charge is 0.112 e. The summed E-state index contributed by atoms with van der Waals surface area (Å²) in [6.45, 7) is 9.64. The minimum Gasteiger partial charge on any atom is -0.385 e. The molecule has 0 spiro atoms. The molecule has 0 aromatic heterocycles. The van der Waals surface area contributed by atoms with Gasteiger partial charge >= 0.3 is 0 Å². The minimum absolute atomic E-state index is 0.274. The third-order valence-electron chi connectivity index (χ3n) is 5.76. The fraction of sp³-hybridized carbons (Fsp3) is 0.520. The van der Waals surface area contributed by atoms with Crippen LogP contribution in [-0.2, 0) is 5.60 Å². The van der Waals surface area contributed by atoms with Gasteiger partial charge in [-0.2, -0.15) is 0 Å². The molecule has 3 nitrogen and oxygen atoms in total. The molecule has 1 unspecified atom stereocenters. The van der Waals surface area contributed by atoms with Gasteiger partial charge in [0.1, 0.15) is 5.60 Å². The molecule has 1 atom stereocenters. The van der Waals surface area contributed by atoms with Crippen LogP contribution in [0.3, 0.4) is 0 Å². The average Bonchev–Trinajstić information content (AvgIpc) is 2.72. The maximum absolute atomic E-state index is 11.0. The molecular weight excluding hydrogens is 376 g/mol. The van der Waals surface area contributed by atoms with Crippen LogP contribution in [0.2, 0.25) is 0 Å². The molecule has 1 fully saturated rings. The third-order valence-corrected chi connectivity index (χ3v) is 6.82.